The number of carbonyl (C=O) groups is 1. The summed E-state index contributed by atoms with van der Waals surface area (Å²) in [5, 5.41) is 4.17. The summed E-state index contributed by atoms with van der Waals surface area (Å²) in [6, 6.07) is 11.8. The van der Waals surface area contributed by atoms with E-state index < -0.39 is 0 Å². The van der Waals surface area contributed by atoms with Gasteiger partial charge in [-0.05, 0) is 24.6 Å². The van der Waals surface area contributed by atoms with Crippen molar-refractivity contribution in [1.82, 2.24) is 14.7 Å². The molecule has 0 spiro atoms. The van der Waals surface area contributed by atoms with Crippen LogP contribution in [-0.2, 0) is 4.74 Å². The Balaban J connectivity index is 2.22. The first-order valence-electron chi connectivity index (χ1n) is 7.03. The molecular weight excluding hydrogens is 282 g/mol. The number of ether oxygens (including phenoxy) is 1. The van der Waals surface area contributed by atoms with Crippen LogP contribution in [-0.4, -0.2) is 47.9 Å². The van der Waals surface area contributed by atoms with Crippen molar-refractivity contribution in [3.05, 3.63) is 58.5 Å². The zero-order valence-corrected chi connectivity index (χ0v) is 12.7. The number of benzene rings is 1. The van der Waals surface area contributed by atoms with Gasteiger partial charge in [-0.1, -0.05) is 18.2 Å². The Kier molecular flexibility index (Phi) is 5.43. The molecule has 1 amide bonds. The van der Waals surface area contributed by atoms with Crippen LogP contribution in [0.25, 0.3) is 5.69 Å². The SMILES string of the molecule is COCCCN(C)C(=O)c1ccc(=O)n(-c2ccccc2)n1. The Morgan fingerprint density at radius 3 is 2.64 bits per heavy atom. The topological polar surface area (TPSA) is 64.4 Å². The summed E-state index contributed by atoms with van der Waals surface area (Å²) >= 11 is 0. The van der Waals surface area contributed by atoms with E-state index in [0.717, 1.165) is 6.42 Å². The maximum absolute atomic E-state index is 12.3. The molecule has 0 fully saturated rings. The van der Waals surface area contributed by atoms with Crippen molar-refractivity contribution in [3.63, 3.8) is 0 Å². The highest BCUT2D eigenvalue weighted by atomic mass is 16.5. The predicted molar refractivity (Wildman–Crippen MR) is 83.3 cm³/mol. The zero-order valence-electron chi connectivity index (χ0n) is 12.7. The molecule has 6 heteroatoms. The minimum Gasteiger partial charge on any atom is -0.385 e. The summed E-state index contributed by atoms with van der Waals surface area (Å²) in [6.07, 6.45) is 0.747. The van der Waals surface area contributed by atoms with Gasteiger partial charge >= 0.3 is 0 Å². The Hall–Kier alpha value is -2.47. The van der Waals surface area contributed by atoms with Crippen molar-refractivity contribution < 1.29 is 9.53 Å². The number of rotatable bonds is 6. The summed E-state index contributed by atoms with van der Waals surface area (Å²) in [7, 11) is 3.33. The van der Waals surface area contributed by atoms with E-state index >= 15 is 0 Å². The molecule has 1 heterocycles. The lowest BCUT2D eigenvalue weighted by Gasteiger charge is -2.16. The van der Waals surface area contributed by atoms with Gasteiger partial charge < -0.3 is 9.64 Å². The van der Waals surface area contributed by atoms with Crippen LogP contribution in [0, 0.1) is 0 Å². The molecule has 0 saturated heterocycles. The molecule has 0 saturated carbocycles. The maximum Gasteiger partial charge on any atom is 0.274 e. The summed E-state index contributed by atoms with van der Waals surface area (Å²) < 4.78 is 6.20. The molecule has 1 aromatic carbocycles. The molecule has 0 aliphatic heterocycles. The minimum atomic E-state index is -0.273. The third-order valence-electron chi connectivity index (χ3n) is 3.21. The third kappa shape index (κ3) is 3.79. The second-order valence-electron chi connectivity index (χ2n) is 4.88. The zero-order chi connectivity index (χ0) is 15.9. The van der Waals surface area contributed by atoms with Gasteiger partial charge in [0.25, 0.3) is 11.5 Å². The average molecular weight is 301 g/mol. The van der Waals surface area contributed by atoms with E-state index in [1.165, 1.54) is 16.8 Å². The molecule has 0 radical (unpaired) electrons. The number of para-hydroxylation sites is 1. The first-order valence-corrected chi connectivity index (χ1v) is 7.03. The molecule has 116 valence electrons. The maximum atomic E-state index is 12.3. The number of aromatic nitrogens is 2. The number of methoxy groups -OCH3 is 1. The lowest BCUT2D eigenvalue weighted by atomic mass is 10.3. The van der Waals surface area contributed by atoms with Gasteiger partial charge in [0.05, 0.1) is 5.69 Å². The summed E-state index contributed by atoms with van der Waals surface area (Å²) in [5.41, 5.74) is 0.595. The van der Waals surface area contributed by atoms with Gasteiger partial charge in [-0.3, -0.25) is 9.59 Å². The molecule has 0 atom stereocenters. The van der Waals surface area contributed by atoms with E-state index in [4.69, 9.17) is 4.74 Å². The second kappa shape index (κ2) is 7.51. The van der Waals surface area contributed by atoms with Crippen LogP contribution in [0.4, 0.5) is 0 Å². The van der Waals surface area contributed by atoms with Crippen LogP contribution in [0.1, 0.15) is 16.9 Å². The Bertz CT molecular complexity index is 683. The van der Waals surface area contributed by atoms with Gasteiger partial charge in [0.1, 0.15) is 5.69 Å². The van der Waals surface area contributed by atoms with Gasteiger partial charge in [-0.15, -0.1) is 0 Å². The normalized spacial score (nSPS) is 10.5. The number of hydrogen-bond donors (Lipinski definition) is 0. The molecule has 22 heavy (non-hydrogen) atoms. The van der Waals surface area contributed by atoms with Crippen LogP contribution in [0.15, 0.2) is 47.3 Å². The van der Waals surface area contributed by atoms with Crippen LogP contribution in [0.2, 0.25) is 0 Å². The van der Waals surface area contributed by atoms with E-state index in [-0.39, 0.29) is 17.2 Å². The average Bonchev–Trinajstić information content (AvgIpc) is 2.55. The molecule has 2 rings (SSSR count). The highest BCUT2D eigenvalue weighted by molar-refractivity contribution is 5.91. The van der Waals surface area contributed by atoms with Crippen molar-refractivity contribution in [2.24, 2.45) is 0 Å². The Morgan fingerprint density at radius 2 is 1.95 bits per heavy atom. The molecule has 0 N–H and O–H groups in total. The van der Waals surface area contributed by atoms with Crippen LogP contribution in [0.5, 0.6) is 0 Å². The van der Waals surface area contributed by atoms with Crippen molar-refractivity contribution in [2.75, 3.05) is 27.3 Å². The monoisotopic (exact) mass is 301 g/mol. The molecule has 0 aliphatic rings. The number of carbonyl (C=O) groups excluding carboxylic acids is 1. The lowest BCUT2D eigenvalue weighted by molar-refractivity contribution is 0.0771. The largest absolute Gasteiger partial charge is 0.385 e. The minimum absolute atomic E-state index is 0.221. The fraction of sp³-hybridized carbons (Fsp3) is 0.312. The smallest absolute Gasteiger partial charge is 0.274 e. The molecule has 6 nitrogen and oxygen atoms in total. The van der Waals surface area contributed by atoms with Gasteiger partial charge in [0, 0.05) is 33.4 Å². The number of amides is 1. The second-order valence-corrected chi connectivity index (χ2v) is 4.88. The number of hydrogen-bond acceptors (Lipinski definition) is 4. The van der Waals surface area contributed by atoms with Gasteiger partial charge in [0.2, 0.25) is 0 Å². The summed E-state index contributed by atoms with van der Waals surface area (Å²) in [4.78, 5) is 25.8. The van der Waals surface area contributed by atoms with Crippen molar-refractivity contribution in [1.29, 1.82) is 0 Å². The van der Waals surface area contributed by atoms with Crippen molar-refractivity contribution in [3.8, 4) is 5.69 Å². The summed E-state index contributed by atoms with van der Waals surface area (Å²) in [5.74, 6) is -0.221. The van der Waals surface area contributed by atoms with Crippen LogP contribution >= 0.6 is 0 Å². The van der Waals surface area contributed by atoms with E-state index in [1.807, 2.05) is 18.2 Å². The highest BCUT2D eigenvalue weighted by Crippen LogP contribution is 2.04. The lowest BCUT2D eigenvalue weighted by Crippen LogP contribution is -2.31. The fourth-order valence-corrected chi connectivity index (χ4v) is 2.02. The van der Waals surface area contributed by atoms with Gasteiger partial charge in [0.15, 0.2) is 0 Å². The molecule has 0 aliphatic carbocycles. The fourth-order valence-electron chi connectivity index (χ4n) is 2.02. The van der Waals surface area contributed by atoms with Crippen molar-refractivity contribution in [2.45, 2.75) is 6.42 Å². The molecule has 0 unspecified atom stereocenters. The molecule has 1 aromatic heterocycles. The van der Waals surface area contributed by atoms with Gasteiger partial charge in [-0.2, -0.15) is 9.78 Å². The summed E-state index contributed by atoms with van der Waals surface area (Å²) in [6.45, 7) is 1.16. The first-order chi connectivity index (χ1) is 10.6. The van der Waals surface area contributed by atoms with Gasteiger partial charge in [-0.25, -0.2) is 0 Å². The van der Waals surface area contributed by atoms with E-state index in [0.29, 0.717) is 18.8 Å². The highest BCUT2D eigenvalue weighted by Gasteiger charge is 2.14. The van der Waals surface area contributed by atoms with E-state index in [2.05, 4.69) is 5.10 Å². The van der Waals surface area contributed by atoms with Crippen LogP contribution in [0.3, 0.4) is 0 Å². The first kappa shape index (κ1) is 15.9. The van der Waals surface area contributed by atoms with E-state index in [1.54, 1.807) is 31.2 Å². The molecular formula is C16H19N3O3. The quantitative estimate of drug-likeness (QED) is 0.755. The predicted octanol–water partition coefficient (Wildman–Crippen LogP) is 1.34. The Labute approximate surface area is 128 Å². The van der Waals surface area contributed by atoms with Crippen LogP contribution < -0.4 is 5.56 Å². The number of nitrogens with zero attached hydrogens (tertiary/aromatic N) is 3. The molecule has 2 aromatic rings. The Morgan fingerprint density at radius 1 is 1.23 bits per heavy atom. The van der Waals surface area contributed by atoms with E-state index in [9.17, 15) is 9.59 Å². The standard InChI is InChI=1S/C16H19N3O3/c1-18(11-6-12-22-2)16(21)14-9-10-15(20)19(17-14)13-7-4-3-5-8-13/h3-5,7-10H,6,11-12H2,1-2H3. The molecule has 0 bridgehead atoms. The van der Waals surface area contributed by atoms with Crippen molar-refractivity contribution >= 4 is 5.91 Å². The third-order valence-corrected chi connectivity index (χ3v) is 3.21.